The molecule has 1 saturated heterocycles. The highest BCUT2D eigenvalue weighted by Crippen LogP contribution is 2.24. The number of nitrogens with zero attached hydrogens (tertiary/aromatic N) is 3. The smallest absolute Gasteiger partial charge is 0.277 e. The first-order valence-corrected chi connectivity index (χ1v) is 9.88. The van der Waals surface area contributed by atoms with Crippen LogP contribution >= 0.6 is 0 Å². The molecule has 1 aromatic heterocycles. The predicted octanol–water partition coefficient (Wildman–Crippen LogP) is 1.33. The maximum absolute atomic E-state index is 12.8. The number of amides is 1. The van der Waals surface area contributed by atoms with Crippen LogP contribution in [0.3, 0.4) is 0 Å². The predicted molar refractivity (Wildman–Crippen MR) is 99.7 cm³/mol. The lowest BCUT2D eigenvalue weighted by Gasteiger charge is -2.33. The summed E-state index contributed by atoms with van der Waals surface area (Å²) in [4.78, 5) is 18.9. The summed E-state index contributed by atoms with van der Waals surface area (Å²) in [7, 11) is -3.70. The maximum atomic E-state index is 12.8. The number of pyridine rings is 1. The average Bonchev–Trinajstić information content (AvgIpc) is 2.60. The van der Waals surface area contributed by atoms with Crippen molar-refractivity contribution in [1.29, 1.82) is 0 Å². The number of hydrogen-bond acceptors (Lipinski definition) is 4. The van der Waals surface area contributed by atoms with E-state index in [4.69, 9.17) is 5.14 Å². The quantitative estimate of drug-likeness (QED) is 0.876. The second-order valence-corrected chi connectivity index (χ2v) is 7.95. The van der Waals surface area contributed by atoms with Crippen molar-refractivity contribution in [2.75, 3.05) is 26.2 Å². The SMILES string of the molecule is Cc1ccc(-c2cccc(C(=O)N3CCN(S(N)(=O)=O)CC3)c2)c(C)n1. The van der Waals surface area contributed by atoms with Crippen LogP contribution in [-0.2, 0) is 10.2 Å². The minimum Gasteiger partial charge on any atom is -0.336 e. The van der Waals surface area contributed by atoms with Gasteiger partial charge in [-0.25, -0.2) is 5.14 Å². The van der Waals surface area contributed by atoms with Crippen LogP contribution in [0.15, 0.2) is 36.4 Å². The molecule has 8 heteroatoms. The van der Waals surface area contributed by atoms with E-state index in [1.54, 1.807) is 11.0 Å². The molecular weight excluding hydrogens is 352 g/mol. The second-order valence-electron chi connectivity index (χ2n) is 6.40. The molecule has 0 atom stereocenters. The summed E-state index contributed by atoms with van der Waals surface area (Å²) in [5.41, 5.74) is 4.36. The average molecular weight is 374 g/mol. The number of aromatic nitrogens is 1. The molecule has 138 valence electrons. The van der Waals surface area contributed by atoms with Crippen molar-refractivity contribution in [2.24, 2.45) is 5.14 Å². The number of carbonyl (C=O) groups excluding carboxylic acids is 1. The van der Waals surface area contributed by atoms with Crippen LogP contribution in [-0.4, -0.2) is 54.7 Å². The minimum absolute atomic E-state index is 0.112. The first kappa shape index (κ1) is 18.5. The number of rotatable bonds is 3. The Morgan fingerprint density at radius 1 is 1.08 bits per heavy atom. The van der Waals surface area contributed by atoms with E-state index in [9.17, 15) is 13.2 Å². The van der Waals surface area contributed by atoms with Gasteiger partial charge in [-0.15, -0.1) is 0 Å². The first-order valence-electron chi connectivity index (χ1n) is 8.37. The summed E-state index contributed by atoms with van der Waals surface area (Å²) in [5.74, 6) is -0.112. The van der Waals surface area contributed by atoms with Crippen LogP contribution < -0.4 is 5.14 Å². The third-order valence-corrected chi connectivity index (χ3v) is 5.62. The molecule has 0 aliphatic carbocycles. The number of carbonyl (C=O) groups is 1. The second kappa shape index (κ2) is 7.14. The summed E-state index contributed by atoms with van der Waals surface area (Å²) >= 11 is 0. The summed E-state index contributed by atoms with van der Waals surface area (Å²) in [6.07, 6.45) is 0. The number of hydrogen-bond donors (Lipinski definition) is 1. The van der Waals surface area contributed by atoms with Gasteiger partial charge in [0, 0.05) is 48.7 Å². The zero-order chi connectivity index (χ0) is 18.9. The van der Waals surface area contributed by atoms with Gasteiger partial charge in [0.05, 0.1) is 0 Å². The molecule has 7 nitrogen and oxygen atoms in total. The molecule has 0 saturated carbocycles. The van der Waals surface area contributed by atoms with Gasteiger partial charge in [0.1, 0.15) is 0 Å². The molecule has 1 aliphatic rings. The topological polar surface area (TPSA) is 96.6 Å². The molecule has 0 radical (unpaired) electrons. The number of nitrogens with two attached hydrogens (primary N) is 1. The largest absolute Gasteiger partial charge is 0.336 e. The van der Waals surface area contributed by atoms with Crippen LogP contribution in [0.25, 0.3) is 11.1 Å². The molecular formula is C18H22N4O3S. The normalized spacial score (nSPS) is 15.9. The van der Waals surface area contributed by atoms with E-state index in [0.29, 0.717) is 18.7 Å². The Morgan fingerprint density at radius 3 is 2.38 bits per heavy atom. The Bertz CT molecular complexity index is 935. The van der Waals surface area contributed by atoms with Crippen LogP contribution in [0.4, 0.5) is 0 Å². The fourth-order valence-corrected chi connectivity index (χ4v) is 3.81. The molecule has 0 bridgehead atoms. The Kier molecular flexibility index (Phi) is 5.08. The van der Waals surface area contributed by atoms with Gasteiger partial charge in [0.15, 0.2) is 0 Å². The van der Waals surface area contributed by atoms with Crippen LogP contribution in [0.5, 0.6) is 0 Å². The lowest BCUT2D eigenvalue weighted by Crippen LogP contribution is -2.52. The molecule has 2 heterocycles. The summed E-state index contributed by atoms with van der Waals surface area (Å²) in [6, 6.07) is 11.4. The zero-order valence-electron chi connectivity index (χ0n) is 14.8. The van der Waals surface area contributed by atoms with E-state index in [1.807, 2.05) is 44.2 Å². The van der Waals surface area contributed by atoms with Gasteiger partial charge in [-0.1, -0.05) is 18.2 Å². The highest BCUT2D eigenvalue weighted by Gasteiger charge is 2.27. The number of aryl methyl sites for hydroxylation is 2. The van der Waals surface area contributed by atoms with Crippen molar-refractivity contribution in [1.82, 2.24) is 14.2 Å². The van der Waals surface area contributed by atoms with Gasteiger partial charge in [-0.05, 0) is 37.6 Å². The van der Waals surface area contributed by atoms with E-state index in [-0.39, 0.29) is 19.0 Å². The van der Waals surface area contributed by atoms with Gasteiger partial charge in [-0.2, -0.15) is 12.7 Å². The van der Waals surface area contributed by atoms with Crippen molar-refractivity contribution in [2.45, 2.75) is 13.8 Å². The van der Waals surface area contributed by atoms with Crippen molar-refractivity contribution < 1.29 is 13.2 Å². The first-order chi connectivity index (χ1) is 12.3. The molecule has 2 aromatic rings. The monoisotopic (exact) mass is 374 g/mol. The lowest BCUT2D eigenvalue weighted by atomic mass is 10.0. The molecule has 26 heavy (non-hydrogen) atoms. The fraction of sp³-hybridized carbons (Fsp3) is 0.333. The van der Waals surface area contributed by atoms with E-state index in [0.717, 1.165) is 22.5 Å². The molecule has 2 N–H and O–H groups in total. The molecule has 0 spiro atoms. The van der Waals surface area contributed by atoms with Crippen molar-refractivity contribution in [3.05, 3.63) is 53.3 Å². The highest BCUT2D eigenvalue weighted by molar-refractivity contribution is 7.86. The van der Waals surface area contributed by atoms with Crippen molar-refractivity contribution in [3.63, 3.8) is 0 Å². The third-order valence-electron chi connectivity index (χ3n) is 4.53. The van der Waals surface area contributed by atoms with Crippen LogP contribution in [0, 0.1) is 13.8 Å². The van der Waals surface area contributed by atoms with Crippen molar-refractivity contribution in [3.8, 4) is 11.1 Å². The fourth-order valence-electron chi connectivity index (χ4n) is 3.14. The van der Waals surface area contributed by atoms with Gasteiger partial charge in [0.25, 0.3) is 16.1 Å². The Balaban J connectivity index is 1.79. The number of piperazine rings is 1. The van der Waals surface area contributed by atoms with Crippen LogP contribution in [0.2, 0.25) is 0 Å². The van der Waals surface area contributed by atoms with E-state index < -0.39 is 10.2 Å². The zero-order valence-corrected chi connectivity index (χ0v) is 15.7. The lowest BCUT2D eigenvalue weighted by molar-refractivity contribution is 0.0698. The number of benzene rings is 1. The molecule has 1 amide bonds. The Morgan fingerprint density at radius 2 is 1.77 bits per heavy atom. The van der Waals surface area contributed by atoms with Crippen LogP contribution in [0.1, 0.15) is 21.7 Å². The summed E-state index contributed by atoms with van der Waals surface area (Å²) in [6.45, 7) is 4.97. The molecule has 3 rings (SSSR count). The highest BCUT2D eigenvalue weighted by atomic mass is 32.2. The summed E-state index contributed by atoms with van der Waals surface area (Å²) < 4.78 is 24.0. The minimum atomic E-state index is -3.70. The standard InChI is InChI=1S/C18H22N4O3S/c1-13-6-7-17(14(2)20-13)15-4-3-5-16(12-15)18(23)21-8-10-22(11-9-21)26(19,24)25/h3-7,12H,8-11H2,1-2H3,(H2,19,24,25). The summed E-state index contributed by atoms with van der Waals surface area (Å²) in [5, 5.41) is 5.14. The van der Waals surface area contributed by atoms with E-state index >= 15 is 0 Å². The molecule has 1 fully saturated rings. The Labute approximate surface area is 153 Å². The van der Waals surface area contributed by atoms with Crippen molar-refractivity contribution >= 4 is 16.1 Å². The van der Waals surface area contributed by atoms with E-state index in [1.165, 1.54) is 4.31 Å². The third kappa shape index (κ3) is 3.92. The van der Waals surface area contributed by atoms with E-state index in [2.05, 4.69) is 4.98 Å². The van der Waals surface area contributed by atoms with Gasteiger partial charge in [0.2, 0.25) is 0 Å². The molecule has 1 aromatic carbocycles. The van der Waals surface area contributed by atoms with Gasteiger partial charge < -0.3 is 4.90 Å². The molecule has 0 unspecified atom stereocenters. The van der Waals surface area contributed by atoms with Gasteiger partial charge >= 0.3 is 0 Å². The van der Waals surface area contributed by atoms with Gasteiger partial charge in [-0.3, -0.25) is 9.78 Å². The molecule has 1 aliphatic heterocycles. The Hall–Kier alpha value is -2.29. The maximum Gasteiger partial charge on any atom is 0.277 e.